The number of morpholine rings is 1. The number of nitrogens with zero attached hydrogens (tertiary/aromatic N) is 2. The van der Waals surface area contributed by atoms with Gasteiger partial charge in [-0.25, -0.2) is 4.98 Å². The molecule has 0 spiro atoms. The molecule has 4 rings (SSSR count). The molecule has 0 unspecified atom stereocenters. The summed E-state index contributed by atoms with van der Waals surface area (Å²) in [5.41, 5.74) is 5.19. The number of aromatic amines is 1. The summed E-state index contributed by atoms with van der Waals surface area (Å²) in [5.74, 6) is 0.723. The molecule has 0 aromatic carbocycles. The highest BCUT2D eigenvalue weighted by atomic mass is 16.5. The minimum absolute atomic E-state index is 0.318. The van der Waals surface area contributed by atoms with Gasteiger partial charge in [0, 0.05) is 36.9 Å². The van der Waals surface area contributed by atoms with E-state index in [0.717, 1.165) is 31.2 Å². The average molecular weight is 299 g/mol. The van der Waals surface area contributed by atoms with Gasteiger partial charge in [0.15, 0.2) is 0 Å². The zero-order valence-electron chi connectivity index (χ0n) is 13.7. The van der Waals surface area contributed by atoms with Crippen LogP contribution >= 0.6 is 0 Å². The molecule has 2 aromatic rings. The summed E-state index contributed by atoms with van der Waals surface area (Å²) < 4.78 is 5.87. The third-order valence-electron chi connectivity index (χ3n) is 4.79. The van der Waals surface area contributed by atoms with Gasteiger partial charge in [-0.05, 0) is 56.7 Å². The van der Waals surface area contributed by atoms with E-state index in [1.165, 1.54) is 35.0 Å². The van der Waals surface area contributed by atoms with Crippen molar-refractivity contribution in [1.82, 2.24) is 14.9 Å². The molecule has 4 heteroatoms. The van der Waals surface area contributed by atoms with Gasteiger partial charge >= 0.3 is 0 Å². The van der Waals surface area contributed by atoms with Crippen LogP contribution < -0.4 is 0 Å². The Morgan fingerprint density at radius 3 is 2.68 bits per heavy atom. The van der Waals surface area contributed by atoms with E-state index in [1.54, 1.807) is 0 Å². The minimum atomic E-state index is 0.318. The van der Waals surface area contributed by atoms with E-state index >= 15 is 0 Å². The van der Waals surface area contributed by atoms with E-state index < -0.39 is 0 Å². The topological polar surface area (TPSA) is 41.2 Å². The molecule has 1 saturated heterocycles. The average Bonchev–Trinajstić information content (AvgIpc) is 3.23. The Hall–Kier alpha value is -1.39. The molecule has 1 N–H and O–H groups in total. The van der Waals surface area contributed by atoms with Crippen LogP contribution in [0, 0.1) is 6.92 Å². The van der Waals surface area contributed by atoms with Crippen molar-refractivity contribution < 1.29 is 4.74 Å². The summed E-state index contributed by atoms with van der Waals surface area (Å²) in [5, 5.41) is 1.31. The Kier molecular flexibility index (Phi) is 3.46. The van der Waals surface area contributed by atoms with Crippen molar-refractivity contribution in [3.8, 4) is 0 Å². The van der Waals surface area contributed by atoms with Crippen LogP contribution in [0.15, 0.2) is 12.3 Å². The van der Waals surface area contributed by atoms with Gasteiger partial charge in [0.2, 0.25) is 0 Å². The van der Waals surface area contributed by atoms with Gasteiger partial charge < -0.3 is 9.72 Å². The maximum Gasteiger partial charge on any atom is 0.137 e. The van der Waals surface area contributed by atoms with Crippen LogP contribution in [-0.2, 0) is 11.3 Å². The Morgan fingerprint density at radius 2 is 2.00 bits per heavy atom. The van der Waals surface area contributed by atoms with Gasteiger partial charge in [-0.2, -0.15) is 0 Å². The summed E-state index contributed by atoms with van der Waals surface area (Å²) in [6, 6.07) is 2.29. The van der Waals surface area contributed by atoms with Crippen molar-refractivity contribution in [3.05, 3.63) is 29.1 Å². The fourth-order valence-corrected chi connectivity index (χ4v) is 3.77. The zero-order chi connectivity index (χ0) is 15.3. The molecule has 22 heavy (non-hydrogen) atoms. The van der Waals surface area contributed by atoms with Crippen molar-refractivity contribution in [2.24, 2.45) is 0 Å². The van der Waals surface area contributed by atoms with E-state index in [0.29, 0.717) is 12.2 Å². The summed E-state index contributed by atoms with van der Waals surface area (Å²) in [4.78, 5) is 10.7. The maximum absolute atomic E-state index is 5.87. The molecule has 2 aromatic heterocycles. The summed E-state index contributed by atoms with van der Waals surface area (Å²) in [6.45, 7) is 9.51. The number of pyridine rings is 1. The fraction of sp³-hybridized carbons (Fsp3) is 0.611. The molecule has 3 heterocycles. The van der Waals surface area contributed by atoms with Gasteiger partial charge in [-0.15, -0.1) is 0 Å². The van der Waals surface area contributed by atoms with Crippen LogP contribution in [0.25, 0.3) is 11.0 Å². The zero-order valence-corrected chi connectivity index (χ0v) is 13.7. The van der Waals surface area contributed by atoms with Crippen molar-refractivity contribution in [2.45, 2.75) is 58.3 Å². The minimum Gasteiger partial charge on any atom is -0.373 e. The predicted octanol–water partition coefficient (Wildman–Crippen LogP) is 3.36. The molecular formula is C18H25N3O. The predicted molar refractivity (Wildman–Crippen MR) is 88.1 cm³/mol. The summed E-state index contributed by atoms with van der Waals surface area (Å²) >= 11 is 0. The molecule has 4 nitrogen and oxygen atoms in total. The van der Waals surface area contributed by atoms with Gasteiger partial charge in [0.05, 0.1) is 12.2 Å². The number of ether oxygens (including phenoxy) is 1. The van der Waals surface area contributed by atoms with Gasteiger partial charge in [0.25, 0.3) is 0 Å². The third-order valence-corrected chi connectivity index (χ3v) is 4.79. The van der Waals surface area contributed by atoms with Crippen LogP contribution in [0.1, 0.15) is 49.4 Å². The van der Waals surface area contributed by atoms with Gasteiger partial charge in [-0.3, -0.25) is 4.90 Å². The smallest absolute Gasteiger partial charge is 0.137 e. The standard InChI is InChI=1S/C18H25N3O/c1-11-6-15-16(10-21-8-12(2)22-13(3)9-21)17(14-4-5-14)20-18(15)19-7-11/h6-7,12-14H,4-5,8-10H2,1-3H3,(H,19,20)/t12-,13+. The lowest BCUT2D eigenvalue weighted by molar-refractivity contribution is -0.0704. The van der Waals surface area contributed by atoms with Gasteiger partial charge in [0.1, 0.15) is 5.65 Å². The Bertz CT molecular complexity index is 679. The van der Waals surface area contributed by atoms with Gasteiger partial charge in [-0.1, -0.05) is 0 Å². The Labute approximate surface area is 131 Å². The van der Waals surface area contributed by atoms with Crippen LogP contribution in [-0.4, -0.2) is 40.2 Å². The first-order valence-electron chi connectivity index (χ1n) is 8.45. The number of hydrogen-bond donors (Lipinski definition) is 1. The lowest BCUT2D eigenvalue weighted by atomic mass is 10.1. The maximum atomic E-state index is 5.87. The number of nitrogens with one attached hydrogen (secondary N) is 1. The Morgan fingerprint density at radius 1 is 1.27 bits per heavy atom. The second kappa shape index (κ2) is 5.36. The number of hydrogen-bond acceptors (Lipinski definition) is 3. The van der Waals surface area contributed by atoms with E-state index in [2.05, 4.69) is 41.7 Å². The van der Waals surface area contributed by atoms with Crippen LogP contribution in [0.5, 0.6) is 0 Å². The van der Waals surface area contributed by atoms with E-state index in [4.69, 9.17) is 4.74 Å². The molecule has 1 saturated carbocycles. The molecule has 0 radical (unpaired) electrons. The summed E-state index contributed by atoms with van der Waals surface area (Å²) in [7, 11) is 0. The second-order valence-corrected chi connectivity index (χ2v) is 7.15. The van der Waals surface area contributed by atoms with Crippen LogP contribution in [0.4, 0.5) is 0 Å². The molecule has 2 atom stereocenters. The normalized spacial score (nSPS) is 26.7. The number of rotatable bonds is 3. The van der Waals surface area contributed by atoms with Crippen LogP contribution in [0.3, 0.4) is 0 Å². The molecule has 118 valence electrons. The molecule has 1 aliphatic heterocycles. The highest BCUT2D eigenvalue weighted by Gasteiger charge is 2.31. The van der Waals surface area contributed by atoms with Crippen LogP contribution in [0.2, 0.25) is 0 Å². The Balaban J connectivity index is 1.70. The third kappa shape index (κ3) is 2.66. The highest BCUT2D eigenvalue weighted by molar-refractivity contribution is 5.82. The lowest BCUT2D eigenvalue weighted by Crippen LogP contribution is -2.44. The molecule has 2 aliphatic rings. The monoisotopic (exact) mass is 299 g/mol. The number of aryl methyl sites for hydroxylation is 1. The quantitative estimate of drug-likeness (QED) is 0.945. The first-order chi connectivity index (χ1) is 10.6. The van der Waals surface area contributed by atoms with E-state index in [-0.39, 0.29) is 0 Å². The van der Waals surface area contributed by atoms with E-state index in [1.807, 2.05) is 6.20 Å². The van der Waals surface area contributed by atoms with Crippen molar-refractivity contribution in [1.29, 1.82) is 0 Å². The number of fused-ring (bicyclic) bond motifs is 1. The number of aromatic nitrogens is 2. The number of H-pyrrole nitrogens is 1. The van der Waals surface area contributed by atoms with Crippen molar-refractivity contribution >= 4 is 11.0 Å². The summed E-state index contributed by atoms with van der Waals surface area (Å²) in [6.07, 6.45) is 5.22. The molecule has 0 amide bonds. The first-order valence-corrected chi connectivity index (χ1v) is 8.45. The van der Waals surface area contributed by atoms with Crippen molar-refractivity contribution in [2.75, 3.05) is 13.1 Å². The van der Waals surface area contributed by atoms with E-state index in [9.17, 15) is 0 Å². The molecule has 1 aliphatic carbocycles. The molecular weight excluding hydrogens is 274 g/mol. The lowest BCUT2D eigenvalue weighted by Gasteiger charge is -2.35. The highest BCUT2D eigenvalue weighted by Crippen LogP contribution is 2.43. The molecule has 0 bridgehead atoms. The SMILES string of the molecule is Cc1cnc2[nH]c(C3CC3)c(CN3C[C@@H](C)O[C@@H](C)C3)c2c1. The first kappa shape index (κ1) is 14.2. The molecule has 2 fully saturated rings. The van der Waals surface area contributed by atoms with Crippen molar-refractivity contribution in [3.63, 3.8) is 0 Å². The fourth-order valence-electron chi connectivity index (χ4n) is 3.77. The largest absolute Gasteiger partial charge is 0.373 e. The second-order valence-electron chi connectivity index (χ2n) is 7.15.